The van der Waals surface area contributed by atoms with Gasteiger partial charge in [0.05, 0.1) is 12.1 Å². The van der Waals surface area contributed by atoms with Gasteiger partial charge in [0.2, 0.25) is 0 Å². The maximum Gasteiger partial charge on any atom is 0.169 e. The molecule has 0 aliphatic rings. The molecule has 0 aromatic rings. The summed E-state index contributed by atoms with van der Waals surface area (Å²) in [5, 5.41) is 27.2. The molecule has 0 aliphatic heterocycles. The molecule has 0 saturated heterocycles. The van der Waals surface area contributed by atoms with Crippen LogP contribution in [0.25, 0.3) is 0 Å². The predicted molar refractivity (Wildman–Crippen MR) is 92.4 cm³/mol. The zero-order valence-corrected chi connectivity index (χ0v) is 14.3. The summed E-state index contributed by atoms with van der Waals surface area (Å²) < 4.78 is 0. The third-order valence-corrected chi connectivity index (χ3v) is 4.05. The van der Waals surface area contributed by atoms with E-state index in [-0.39, 0.29) is 0 Å². The molecule has 0 radical (unpaired) electrons. The first kappa shape index (κ1) is 21.6. The molecule has 0 heterocycles. The van der Waals surface area contributed by atoms with Crippen LogP contribution in [0.15, 0.2) is 12.2 Å². The average molecular weight is 315 g/mol. The molecular weight excluding hydrogens is 278 g/mol. The quantitative estimate of drug-likeness (QED) is 0.212. The Bertz CT molecular complexity index is 257. The molecule has 4 heteroatoms. The van der Waals surface area contributed by atoms with E-state index in [0.717, 1.165) is 12.8 Å². The lowest BCUT2D eigenvalue weighted by atomic mass is 10.0. The molecule has 22 heavy (non-hydrogen) atoms. The van der Waals surface area contributed by atoms with Crippen molar-refractivity contribution < 1.29 is 15.3 Å². The Morgan fingerprint density at radius 1 is 0.773 bits per heavy atom. The van der Waals surface area contributed by atoms with E-state index in [0.29, 0.717) is 0 Å². The minimum absolute atomic E-state index is 0.905. The summed E-state index contributed by atoms with van der Waals surface area (Å²) in [6.45, 7) is 2.25. The maximum absolute atomic E-state index is 9.53. The van der Waals surface area contributed by atoms with Gasteiger partial charge < -0.3 is 21.1 Å². The highest BCUT2D eigenvalue weighted by molar-refractivity contribution is 4.94. The third-order valence-electron chi connectivity index (χ3n) is 4.05. The van der Waals surface area contributed by atoms with Crippen LogP contribution in [0.5, 0.6) is 0 Å². The van der Waals surface area contributed by atoms with Crippen LogP contribution < -0.4 is 5.73 Å². The lowest BCUT2D eigenvalue weighted by Crippen LogP contribution is -2.43. The van der Waals surface area contributed by atoms with E-state index in [4.69, 9.17) is 15.9 Å². The van der Waals surface area contributed by atoms with Crippen LogP contribution in [0.3, 0.4) is 0 Å². The fourth-order valence-corrected chi connectivity index (χ4v) is 2.47. The lowest BCUT2D eigenvalue weighted by molar-refractivity contribution is -0.0783. The first-order chi connectivity index (χ1) is 10.6. The van der Waals surface area contributed by atoms with E-state index < -0.39 is 18.4 Å². The maximum atomic E-state index is 9.53. The first-order valence-electron chi connectivity index (χ1n) is 9.06. The summed E-state index contributed by atoms with van der Waals surface area (Å²) in [5.74, 6) is 0. The molecule has 2 atom stereocenters. The molecule has 0 saturated carbocycles. The summed E-state index contributed by atoms with van der Waals surface area (Å²) in [7, 11) is 0. The summed E-state index contributed by atoms with van der Waals surface area (Å²) >= 11 is 0. The molecular formula is C18H37NO3. The van der Waals surface area contributed by atoms with Gasteiger partial charge in [0, 0.05) is 0 Å². The van der Waals surface area contributed by atoms with Gasteiger partial charge in [-0.1, -0.05) is 83.3 Å². The van der Waals surface area contributed by atoms with Crippen LogP contribution >= 0.6 is 0 Å². The summed E-state index contributed by atoms with van der Waals surface area (Å²) in [4.78, 5) is 0. The zero-order valence-electron chi connectivity index (χ0n) is 14.3. The molecule has 0 aromatic carbocycles. The van der Waals surface area contributed by atoms with Crippen LogP contribution in [0.1, 0.15) is 84.0 Å². The molecule has 132 valence electrons. The number of nitrogens with two attached hydrogens (primary N) is 1. The highest BCUT2D eigenvalue weighted by Crippen LogP contribution is 2.12. The molecule has 5 N–H and O–H groups in total. The molecule has 0 aromatic heterocycles. The van der Waals surface area contributed by atoms with Crippen molar-refractivity contribution in [1.29, 1.82) is 0 Å². The van der Waals surface area contributed by atoms with Gasteiger partial charge >= 0.3 is 0 Å². The number of aliphatic hydroxyl groups excluding tert-OH is 2. The molecule has 0 fully saturated rings. The topological polar surface area (TPSA) is 86.7 Å². The van der Waals surface area contributed by atoms with E-state index in [2.05, 4.69) is 6.92 Å². The summed E-state index contributed by atoms with van der Waals surface area (Å²) in [5.41, 5.74) is 5.41. The minimum atomic E-state index is -1.68. The van der Waals surface area contributed by atoms with Crippen LogP contribution in [0.2, 0.25) is 0 Å². The normalized spacial score (nSPS) is 14.8. The molecule has 0 spiro atoms. The molecule has 0 aliphatic carbocycles. The molecule has 4 nitrogen and oxygen atoms in total. The Kier molecular flexibility index (Phi) is 15.2. The Labute approximate surface area is 136 Å². The van der Waals surface area contributed by atoms with Gasteiger partial charge in [0.25, 0.3) is 0 Å². The van der Waals surface area contributed by atoms with Crippen LogP contribution in [0, 0.1) is 0 Å². The van der Waals surface area contributed by atoms with Crippen molar-refractivity contribution in [1.82, 2.24) is 0 Å². The minimum Gasteiger partial charge on any atom is -0.387 e. The number of rotatable bonds is 15. The van der Waals surface area contributed by atoms with Crippen molar-refractivity contribution in [2.75, 3.05) is 0 Å². The third kappa shape index (κ3) is 13.3. The average Bonchev–Trinajstić information content (AvgIpc) is 2.50. The molecule has 0 amide bonds. The zero-order chi connectivity index (χ0) is 16.6. The largest absolute Gasteiger partial charge is 0.387 e. The van der Waals surface area contributed by atoms with Gasteiger partial charge in [0.1, 0.15) is 0 Å². The Hall–Kier alpha value is -0.420. The summed E-state index contributed by atoms with van der Waals surface area (Å²) in [6, 6.07) is -1.03. The van der Waals surface area contributed by atoms with Gasteiger partial charge in [-0.3, -0.25) is 0 Å². The monoisotopic (exact) mass is 315 g/mol. The van der Waals surface area contributed by atoms with E-state index >= 15 is 0 Å². The van der Waals surface area contributed by atoms with Gasteiger partial charge in [0.15, 0.2) is 6.29 Å². The van der Waals surface area contributed by atoms with E-state index in [1.807, 2.05) is 6.08 Å². The van der Waals surface area contributed by atoms with Crippen molar-refractivity contribution >= 4 is 0 Å². The van der Waals surface area contributed by atoms with E-state index in [1.54, 1.807) is 6.08 Å². The fraction of sp³-hybridized carbons (Fsp3) is 0.889. The number of hydrogen-bond donors (Lipinski definition) is 4. The Balaban J connectivity index is 3.29. The number of unbranched alkanes of at least 4 members (excludes halogenated alkanes) is 11. The Morgan fingerprint density at radius 2 is 1.23 bits per heavy atom. The second-order valence-electron chi connectivity index (χ2n) is 6.23. The first-order valence-corrected chi connectivity index (χ1v) is 9.06. The van der Waals surface area contributed by atoms with Crippen molar-refractivity contribution in [3.05, 3.63) is 12.2 Å². The lowest BCUT2D eigenvalue weighted by Gasteiger charge is -2.16. The van der Waals surface area contributed by atoms with Crippen LogP contribution in [0.4, 0.5) is 0 Å². The van der Waals surface area contributed by atoms with E-state index in [1.165, 1.54) is 64.2 Å². The number of hydrogen-bond acceptors (Lipinski definition) is 4. The van der Waals surface area contributed by atoms with Gasteiger partial charge in [-0.2, -0.15) is 0 Å². The van der Waals surface area contributed by atoms with Crippen LogP contribution in [-0.2, 0) is 0 Å². The van der Waals surface area contributed by atoms with Gasteiger partial charge in [-0.05, 0) is 12.8 Å². The second-order valence-corrected chi connectivity index (χ2v) is 6.23. The number of aliphatic hydroxyl groups is 3. The second kappa shape index (κ2) is 15.5. The summed E-state index contributed by atoms with van der Waals surface area (Å²) in [6.07, 6.45) is 16.2. The molecule has 0 rings (SSSR count). The van der Waals surface area contributed by atoms with Crippen molar-refractivity contribution in [2.45, 2.75) is 102 Å². The van der Waals surface area contributed by atoms with Gasteiger partial charge in [-0.25, -0.2) is 0 Å². The van der Waals surface area contributed by atoms with E-state index in [9.17, 15) is 5.11 Å². The molecule has 0 unspecified atom stereocenters. The molecule has 0 bridgehead atoms. The van der Waals surface area contributed by atoms with Crippen molar-refractivity contribution in [3.8, 4) is 0 Å². The standard InChI is InChI=1S/C18H37NO3/c1-2-3-4-5-6-7-8-9-10-11-12-13-14-15-16(20)17(19)18(21)22/h14-18,20-22H,2-13,19H2,1H3/b15-14+/t16-,17-/m1/s1. The van der Waals surface area contributed by atoms with Crippen molar-refractivity contribution in [2.24, 2.45) is 5.73 Å². The Morgan fingerprint density at radius 3 is 1.68 bits per heavy atom. The fourth-order valence-electron chi connectivity index (χ4n) is 2.47. The van der Waals surface area contributed by atoms with Crippen molar-refractivity contribution in [3.63, 3.8) is 0 Å². The predicted octanol–water partition coefficient (Wildman–Crippen LogP) is 3.24. The van der Waals surface area contributed by atoms with Gasteiger partial charge in [-0.15, -0.1) is 0 Å². The van der Waals surface area contributed by atoms with Crippen LogP contribution in [-0.4, -0.2) is 33.8 Å². The SMILES string of the molecule is CCCCCCCCCCCCC/C=C/[C@@H](O)[C@@H](N)C(O)O. The highest BCUT2D eigenvalue weighted by Gasteiger charge is 2.17. The number of allylic oxidation sites excluding steroid dienone is 1. The smallest absolute Gasteiger partial charge is 0.169 e. The highest BCUT2D eigenvalue weighted by atomic mass is 16.5.